The lowest BCUT2D eigenvalue weighted by Crippen LogP contribution is -2.42. The highest BCUT2D eigenvalue weighted by Crippen LogP contribution is 2.18. The molecule has 0 aliphatic heterocycles. The Hall–Kier alpha value is -2.34. The SMILES string of the molecule is Cc1noc(C)c1COc1ccc(C(=O)NC(CC(C)C)CN(C)C)cc1. The van der Waals surface area contributed by atoms with Crippen LogP contribution in [0.25, 0.3) is 0 Å². The van der Waals surface area contributed by atoms with Crippen LogP contribution in [0.5, 0.6) is 5.75 Å². The van der Waals surface area contributed by atoms with E-state index in [2.05, 4.69) is 29.2 Å². The Kier molecular flexibility index (Phi) is 7.42. The standard InChI is InChI=1S/C21H31N3O3/c1-14(2)11-18(12-24(5)6)22-21(25)17-7-9-19(10-8-17)26-13-20-15(3)23-27-16(20)4/h7-10,14,18H,11-13H2,1-6H3,(H,22,25). The van der Waals surface area contributed by atoms with Crippen LogP contribution < -0.4 is 10.1 Å². The highest BCUT2D eigenvalue weighted by atomic mass is 16.5. The summed E-state index contributed by atoms with van der Waals surface area (Å²) in [7, 11) is 4.04. The first-order chi connectivity index (χ1) is 12.8. The number of hydrogen-bond acceptors (Lipinski definition) is 5. The molecule has 1 aromatic carbocycles. The van der Waals surface area contributed by atoms with Crippen molar-refractivity contribution in [1.29, 1.82) is 0 Å². The summed E-state index contributed by atoms with van der Waals surface area (Å²) in [6, 6.07) is 7.34. The van der Waals surface area contributed by atoms with Crippen LogP contribution in [0.2, 0.25) is 0 Å². The number of carbonyl (C=O) groups is 1. The van der Waals surface area contributed by atoms with Crippen LogP contribution in [0.15, 0.2) is 28.8 Å². The number of amides is 1. The van der Waals surface area contributed by atoms with Gasteiger partial charge in [0.15, 0.2) is 0 Å². The van der Waals surface area contributed by atoms with E-state index in [1.807, 2.05) is 40.1 Å². The summed E-state index contributed by atoms with van der Waals surface area (Å²) in [6.07, 6.45) is 0.947. The van der Waals surface area contributed by atoms with Gasteiger partial charge in [0.05, 0.1) is 11.3 Å². The molecule has 2 rings (SSSR count). The third-order valence-corrected chi connectivity index (χ3v) is 4.36. The van der Waals surface area contributed by atoms with Crippen molar-refractivity contribution in [1.82, 2.24) is 15.4 Å². The molecule has 6 heteroatoms. The lowest BCUT2D eigenvalue weighted by atomic mass is 10.0. The highest BCUT2D eigenvalue weighted by molar-refractivity contribution is 5.94. The molecule has 0 radical (unpaired) electrons. The molecule has 6 nitrogen and oxygen atoms in total. The number of carbonyl (C=O) groups excluding carboxylic acids is 1. The fourth-order valence-corrected chi connectivity index (χ4v) is 3.02. The van der Waals surface area contributed by atoms with Crippen LogP contribution in [-0.2, 0) is 6.61 Å². The monoisotopic (exact) mass is 373 g/mol. The second kappa shape index (κ2) is 9.55. The zero-order valence-corrected chi connectivity index (χ0v) is 17.2. The maximum atomic E-state index is 12.6. The van der Waals surface area contributed by atoms with Gasteiger partial charge in [0.25, 0.3) is 5.91 Å². The number of benzene rings is 1. The van der Waals surface area contributed by atoms with Gasteiger partial charge in [0.1, 0.15) is 18.1 Å². The van der Waals surface area contributed by atoms with Gasteiger partial charge in [0.2, 0.25) is 0 Å². The molecule has 0 aliphatic carbocycles. The molecule has 2 aromatic rings. The molecule has 0 saturated carbocycles. The van der Waals surface area contributed by atoms with Crippen LogP contribution in [0.3, 0.4) is 0 Å². The Morgan fingerprint density at radius 2 is 1.89 bits per heavy atom. The number of aromatic nitrogens is 1. The van der Waals surface area contributed by atoms with E-state index in [-0.39, 0.29) is 11.9 Å². The third kappa shape index (κ3) is 6.40. The van der Waals surface area contributed by atoms with Crippen molar-refractivity contribution in [2.75, 3.05) is 20.6 Å². The van der Waals surface area contributed by atoms with Crippen LogP contribution in [0.1, 0.15) is 47.6 Å². The Morgan fingerprint density at radius 3 is 2.41 bits per heavy atom. The summed E-state index contributed by atoms with van der Waals surface area (Å²) in [6.45, 7) is 9.31. The molecular weight excluding hydrogens is 342 g/mol. The zero-order chi connectivity index (χ0) is 20.0. The largest absolute Gasteiger partial charge is 0.489 e. The van der Waals surface area contributed by atoms with Gasteiger partial charge in [-0.2, -0.15) is 0 Å². The number of likely N-dealkylation sites (N-methyl/N-ethyl adjacent to an activating group) is 1. The van der Waals surface area contributed by atoms with Crippen molar-refractivity contribution in [3.8, 4) is 5.75 Å². The molecule has 1 atom stereocenters. The van der Waals surface area contributed by atoms with Gasteiger partial charge < -0.3 is 19.5 Å². The number of nitrogens with zero attached hydrogens (tertiary/aromatic N) is 2. The second-order valence-electron chi connectivity index (χ2n) is 7.68. The summed E-state index contributed by atoms with van der Waals surface area (Å²) in [5.74, 6) is 1.94. The Bertz CT molecular complexity index is 706. The number of aryl methyl sites for hydroxylation is 2. The minimum Gasteiger partial charge on any atom is -0.489 e. The summed E-state index contributed by atoms with van der Waals surface area (Å²) < 4.78 is 10.9. The molecule has 1 unspecified atom stereocenters. The fourth-order valence-electron chi connectivity index (χ4n) is 3.02. The lowest BCUT2D eigenvalue weighted by molar-refractivity contribution is 0.0924. The van der Waals surface area contributed by atoms with Gasteiger partial charge in [-0.25, -0.2) is 0 Å². The summed E-state index contributed by atoms with van der Waals surface area (Å²) >= 11 is 0. The Balaban J connectivity index is 1.95. The maximum absolute atomic E-state index is 12.6. The van der Waals surface area contributed by atoms with E-state index < -0.39 is 0 Å². The first-order valence-electron chi connectivity index (χ1n) is 9.36. The van der Waals surface area contributed by atoms with Gasteiger partial charge in [-0.15, -0.1) is 0 Å². The lowest BCUT2D eigenvalue weighted by Gasteiger charge is -2.24. The van der Waals surface area contributed by atoms with E-state index in [9.17, 15) is 4.79 Å². The van der Waals surface area contributed by atoms with E-state index >= 15 is 0 Å². The van der Waals surface area contributed by atoms with Crippen molar-refractivity contribution in [3.63, 3.8) is 0 Å². The van der Waals surface area contributed by atoms with Gasteiger partial charge in [-0.05, 0) is 64.5 Å². The van der Waals surface area contributed by atoms with E-state index in [4.69, 9.17) is 9.26 Å². The van der Waals surface area contributed by atoms with Crippen molar-refractivity contribution >= 4 is 5.91 Å². The molecular formula is C21H31N3O3. The summed E-state index contributed by atoms with van der Waals surface area (Å²) in [5.41, 5.74) is 2.42. The minimum absolute atomic E-state index is 0.0558. The van der Waals surface area contributed by atoms with Crippen molar-refractivity contribution in [3.05, 3.63) is 46.8 Å². The summed E-state index contributed by atoms with van der Waals surface area (Å²) in [5, 5.41) is 7.07. The average molecular weight is 373 g/mol. The molecule has 0 saturated heterocycles. The molecule has 0 spiro atoms. The number of rotatable bonds is 9. The normalized spacial score (nSPS) is 12.4. The van der Waals surface area contributed by atoms with Gasteiger partial charge in [-0.3, -0.25) is 4.79 Å². The predicted molar refractivity (Wildman–Crippen MR) is 106 cm³/mol. The first-order valence-corrected chi connectivity index (χ1v) is 9.36. The zero-order valence-electron chi connectivity index (χ0n) is 17.2. The minimum atomic E-state index is -0.0558. The average Bonchev–Trinajstić information content (AvgIpc) is 2.90. The quantitative estimate of drug-likeness (QED) is 0.728. The van der Waals surface area contributed by atoms with Crippen LogP contribution >= 0.6 is 0 Å². The predicted octanol–water partition coefficient (Wildman–Crippen LogP) is 3.58. The van der Waals surface area contributed by atoms with Crippen molar-refractivity contribution < 1.29 is 14.1 Å². The molecule has 0 bridgehead atoms. The fraction of sp³-hybridized carbons (Fsp3) is 0.524. The molecule has 1 aromatic heterocycles. The van der Waals surface area contributed by atoms with Gasteiger partial charge in [-0.1, -0.05) is 19.0 Å². The third-order valence-electron chi connectivity index (χ3n) is 4.36. The topological polar surface area (TPSA) is 67.6 Å². The van der Waals surface area contributed by atoms with Gasteiger partial charge in [0, 0.05) is 18.2 Å². The Morgan fingerprint density at radius 1 is 1.22 bits per heavy atom. The Labute approximate surface area is 161 Å². The molecule has 148 valence electrons. The molecule has 0 aliphatic rings. The first kappa shape index (κ1) is 21.0. The molecule has 27 heavy (non-hydrogen) atoms. The highest BCUT2D eigenvalue weighted by Gasteiger charge is 2.16. The molecule has 1 amide bonds. The van der Waals surface area contributed by atoms with Gasteiger partial charge >= 0.3 is 0 Å². The number of ether oxygens (including phenoxy) is 1. The maximum Gasteiger partial charge on any atom is 0.251 e. The van der Waals surface area contributed by atoms with Crippen LogP contribution in [0.4, 0.5) is 0 Å². The smallest absolute Gasteiger partial charge is 0.251 e. The molecule has 0 fully saturated rings. The van der Waals surface area contributed by atoms with Crippen molar-refractivity contribution in [2.24, 2.45) is 5.92 Å². The number of hydrogen-bond donors (Lipinski definition) is 1. The van der Waals surface area contributed by atoms with E-state index in [0.29, 0.717) is 23.8 Å². The second-order valence-corrected chi connectivity index (χ2v) is 7.68. The summed E-state index contributed by atoms with van der Waals surface area (Å²) in [4.78, 5) is 14.7. The van der Waals surface area contributed by atoms with Crippen LogP contribution in [0, 0.1) is 19.8 Å². The molecule has 1 heterocycles. The van der Waals surface area contributed by atoms with Crippen molar-refractivity contribution in [2.45, 2.75) is 46.8 Å². The van der Waals surface area contributed by atoms with E-state index in [0.717, 1.165) is 30.0 Å². The number of nitrogens with one attached hydrogen (secondary N) is 1. The van der Waals surface area contributed by atoms with E-state index in [1.165, 1.54) is 0 Å². The van der Waals surface area contributed by atoms with Crippen LogP contribution in [-0.4, -0.2) is 42.6 Å². The van der Waals surface area contributed by atoms with E-state index in [1.54, 1.807) is 12.1 Å². The molecule has 1 N–H and O–H groups in total.